The number of esters is 2. The molecule has 112 valence electrons. The topological polar surface area (TPSA) is 93.1 Å². The third kappa shape index (κ3) is 2.54. The molecule has 4 fully saturated rings. The summed E-state index contributed by atoms with van der Waals surface area (Å²) in [6.07, 6.45) is 4.81. The zero-order chi connectivity index (χ0) is 14.4. The Kier molecular flexibility index (Phi) is 3.25. The maximum atomic E-state index is 11.8. The van der Waals surface area contributed by atoms with Gasteiger partial charge in [-0.3, -0.25) is 0 Å². The van der Waals surface area contributed by atoms with Crippen LogP contribution in [0.2, 0.25) is 0 Å². The van der Waals surface area contributed by atoms with Crippen LogP contribution in [-0.2, 0) is 19.1 Å². The summed E-state index contributed by atoms with van der Waals surface area (Å²) >= 11 is 0. The largest absolute Gasteiger partial charge is 0.456 e. The Bertz CT molecular complexity index is 417. The molecule has 2 N–H and O–H groups in total. The summed E-state index contributed by atoms with van der Waals surface area (Å²) in [5, 5.41) is 19.1. The number of rotatable bonds is 4. The van der Waals surface area contributed by atoms with Crippen LogP contribution >= 0.6 is 0 Å². The van der Waals surface area contributed by atoms with E-state index in [-0.39, 0.29) is 0 Å². The fraction of sp³-hybridized carbons (Fsp3) is 0.857. The first kappa shape index (κ1) is 13.8. The van der Waals surface area contributed by atoms with E-state index in [4.69, 9.17) is 9.84 Å². The molecule has 4 saturated carbocycles. The second-order valence-corrected chi connectivity index (χ2v) is 6.66. The molecule has 6 heteroatoms. The number of carbonyl (C=O) groups excluding carboxylic acids is 2. The van der Waals surface area contributed by atoms with Crippen molar-refractivity contribution in [3.8, 4) is 0 Å². The second-order valence-electron chi connectivity index (χ2n) is 6.66. The van der Waals surface area contributed by atoms with Crippen molar-refractivity contribution < 1.29 is 29.3 Å². The van der Waals surface area contributed by atoms with Gasteiger partial charge in [0.2, 0.25) is 0 Å². The van der Waals surface area contributed by atoms with E-state index in [1.165, 1.54) is 0 Å². The van der Waals surface area contributed by atoms with Crippen molar-refractivity contribution in [1.29, 1.82) is 0 Å². The zero-order valence-electron chi connectivity index (χ0n) is 11.3. The van der Waals surface area contributed by atoms with Gasteiger partial charge in [0.15, 0.2) is 6.61 Å². The molecule has 0 aliphatic heterocycles. The highest BCUT2D eigenvalue weighted by molar-refractivity contribution is 5.77. The van der Waals surface area contributed by atoms with Gasteiger partial charge in [-0.05, 0) is 43.9 Å². The van der Waals surface area contributed by atoms with E-state index in [1.54, 1.807) is 0 Å². The molecule has 2 atom stereocenters. The lowest BCUT2D eigenvalue weighted by Gasteiger charge is -2.59. The normalized spacial score (nSPS) is 41.5. The van der Waals surface area contributed by atoms with Gasteiger partial charge >= 0.3 is 11.9 Å². The monoisotopic (exact) mass is 284 g/mol. The van der Waals surface area contributed by atoms with Crippen LogP contribution in [-0.4, -0.2) is 46.6 Å². The van der Waals surface area contributed by atoms with Crippen LogP contribution in [0.3, 0.4) is 0 Å². The highest BCUT2D eigenvalue weighted by Crippen LogP contribution is 2.58. The van der Waals surface area contributed by atoms with Crippen LogP contribution in [0, 0.1) is 11.8 Å². The Morgan fingerprint density at radius 2 is 1.75 bits per heavy atom. The van der Waals surface area contributed by atoms with Gasteiger partial charge in [-0.2, -0.15) is 0 Å². The van der Waals surface area contributed by atoms with Crippen molar-refractivity contribution in [3.05, 3.63) is 0 Å². The summed E-state index contributed by atoms with van der Waals surface area (Å²) in [6, 6.07) is 0. The van der Waals surface area contributed by atoms with E-state index >= 15 is 0 Å². The van der Waals surface area contributed by atoms with Crippen molar-refractivity contribution in [2.24, 2.45) is 11.8 Å². The van der Waals surface area contributed by atoms with Crippen LogP contribution < -0.4 is 0 Å². The Hall–Kier alpha value is -1.14. The minimum absolute atomic E-state index is 0.425. The Balaban J connectivity index is 1.62. The second kappa shape index (κ2) is 4.70. The predicted molar refractivity (Wildman–Crippen MR) is 66.5 cm³/mol. The summed E-state index contributed by atoms with van der Waals surface area (Å²) in [6.45, 7) is -1.22. The SMILES string of the molecule is O=C(CO)OCC(=O)OC12CC3CC(CC(O)(C3)C1)C2. The number of carbonyl (C=O) groups is 2. The van der Waals surface area contributed by atoms with Gasteiger partial charge in [0.1, 0.15) is 12.2 Å². The lowest BCUT2D eigenvalue weighted by Crippen LogP contribution is -2.60. The average Bonchev–Trinajstić information content (AvgIpc) is 2.32. The van der Waals surface area contributed by atoms with Gasteiger partial charge in [0.05, 0.1) is 5.60 Å². The molecule has 0 saturated heterocycles. The van der Waals surface area contributed by atoms with Gasteiger partial charge in [-0.1, -0.05) is 0 Å². The molecule has 0 radical (unpaired) electrons. The third-order valence-corrected chi connectivity index (χ3v) is 4.79. The summed E-state index contributed by atoms with van der Waals surface area (Å²) < 4.78 is 10.1. The van der Waals surface area contributed by atoms with Crippen LogP contribution in [0.25, 0.3) is 0 Å². The van der Waals surface area contributed by atoms with E-state index < -0.39 is 36.4 Å². The van der Waals surface area contributed by atoms with E-state index in [0.29, 0.717) is 18.3 Å². The number of aliphatic hydroxyl groups excluding tert-OH is 1. The van der Waals surface area contributed by atoms with Crippen LogP contribution in [0.1, 0.15) is 38.5 Å². The zero-order valence-corrected chi connectivity index (χ0v) is 11.3. The van der Waals surface area contributed by atoms with Gasteiger partial charge in [0, 0.05) is 6.42 Å². The van der Waals surface area contributed by atoms with E-state index in [0.717, 1.165) is 32.1 Å². The van der Waals surface area contributed by atoms with Gasteiger partial charge < -0.3 is 19.7 Å². The van der Waals surface area contributed by atoms with Crippen molar-refractivity contribution >= 4 is 11.9 Å². The summed E-state index contributed by atoms with van der Waals surface area (Å²) in [5.41, 5.74) is -1.27. The molecule has 20 heavy (non-hydrogen) atoms. The number of aliphatic hydroxyl groups is 2. The quantitative estimate of drug-likeness (QED) is 0.714. The molecule has 0 heterocycles. The average molecular weight is 284 g/mol. The van der Waals surface area contributed by atoms with Crippen molar-refractivity contribution in [3.63, 3.8) is 0 Å². The number of hydrogen-bond donors (Lipinski definition) is 2. The number of ether oxygens (including phenoxy) is 2. The molecule has 0 aromatic heterocycles. The highest BCUT2D eigenvalue weighted by Gasteiger charge is 2.59. The summed E-state index contributed by atoms with van der Waals surface area (Å²) in [7, 11) is 0. The first-order valence-corrected chi connectivity index (χ1v) is 7.13. The highest BCUT2D eigenvalue weighted by atomic mass is 16.6. The molecule has 0 aromatic rings. The molecule has 0 aromatic carbocycles. The standard InChI is InChI=1S/C14H20O6/c15-6-11(16)19-7-12(17)20-14-4-9-1-10(5-14)3-13(18,2-9)8-14/h9-10,15,18H,1-8H2. The van der Waals surface area contributed by atoms with Crippen molar-refractivity contribution in [2.45, 2.75) is 49.7 Å². The molecular formula is C14H20O6. The van der Waals surface area contributed by atoms with E-state index in [9.17, 15) is 14.7 Å². The molecule has 4 aliphatic rings. The van der Waals surface area contributed by atoms with Crippen molar-refractivity contribution in [2.75, 3.05) is 13.2 Å². The summed E-state index contributed by atoms with van der Waals surface area (Å²) in [4.78, 5) is 22.6. The minimum atomic E-state index is -0.842. The van der Waals surface area contributed by atoms with Gasteiger partial charge in [0.25, 0.3) is 0 Å². The molecule has 0 amide bonds. The predicted octanol–water partition coefficient (Wildman–Crippen LogP) is 0.149. The van der Waals surface area contributed by atoms with E-state index in [1.807, 2.05) is 0 Å². The number of hydrogen-bond acceptors (Lipinski definition) is 6. The minimum Gasteiger partial charge on any atom is -0.456 e. The lowest BCUT2D eigenvalue weighted by molar-refractivity contribution is -0.222. The molecule has 0 spiro atoms. The van der Waals surface area contributed by atoms with Crippen LogP contribution in [0.5, 0.6) is 0 Å². The lowest BCUT2D eigenvalue weighted by atomic mass is 9.52. The maximum absolute atomic E-state index is 11.8. The molecule has 4 bridgehead atoms. The summed E-state index contributed by atoms with van der Waals surface area (Å²) in [5.74, 6) is -0.591. The first-order chi connectivity index (χ1) is 9.42. The van der Waals surface area contributed by atoms with E-state index in [2.05, 4.69) is 4.74 Å². The molecule has 4 aliphatic carbocycles. The maximum Gasteiger partial charge on any atom is 0.344 e. The smallest absolute Gasteiger partial charge is 0.344 e. The Morgan fingerprint density at radius 3 is 2.30 bits per heavy atom. The van der Waals surface area contributed by atoms with Crippen molar-refractivity contribution in [1.82, 2.24) is 0 Å². The fourth-order valence-electron chi connectivity index (χ4n) is 4.71. The first-order valence-electron chi connectivity index (χ1n) is 7.13. The van der Waals surface area contributed by atoms with Gasteiger partial charge in [-0.25, -0.2) is 9.59 Å². The Morgan fingerprint density at radius 1 is 1.10 bits per heavy atom. The Labute approximate surface area is 117 Å². The van der Waals surface area contributed by atoms with Gasteiger partial charge in [-0.15, -0.1) is 0 Å². The molecule has 4 rings (SSSR count). The molecule has 2 unspecified atom stereocenters. The van der Waals surface area contributed by atoms with Crippen LogP contribution in [0.4, 0.5) is 0 Å². The molecular weight excluding hydrogens is 264 g/mol. The van der Waals surface area contributed by atoms with Crippen LogP contribution in [0.15, 0.2) is 0 Å². The molecule has 6 nitrogen and oxygen atoms in total. The fourth-order valence-corrected chi connectivity index (χ4v) is 4.71. The third-order valence-electron chi connectivity index (χ3n) is 4.79.